The van der Waals surface area contributed by atoms with E-state index in [9.17, 15) is 0 Å². The Labute approximate surface area is 77.6 Å². The van der Waals surface area contributed by atoms with Crippen molar-refractivity contribution in [3.8, 4) is 0 Å². The van der Waals surface area contributed by atoms with Crippen LogP contribution in [0.4, 0.5) is 0 Å². The van der Waals surface area contributed by atoms with E-state index in [4.69, 9.17) is 5.73 Å². The molecule has 1 aliphatic carbocycles. The first kappa shape index (κ1) is 8.27. The molecule has 1 atom stereocenters. The standard InChI is InChI=1S/C10H15NS/c11-7-9(8-3-1-4-8)10-5-2-6-12-10/h2,5-6,8-9H,1,3-4,7,11H2. The van der Waals surface area contributed by atoms with Crippen LogP contribution in [-0.4, -0.2) is 6.54 Å². The van der Waals surface area contributed by atoms with Crippen LogP contribution in [0.25, 0.3) is 0 Å². The number of hydrogen-bond acceptors (Lipinski definition) is 2. The van der Waals surface area contributed by atoms with Crippen molar-refractivity contribution < 1.29 is 0 Å². The second-order valence-corrected chi connectivity index (χ2v) is 4.53. The van der Waals surface area contributed by atoms with Crippen LogP contribution < -0.4 is 5.73 Å². The van der Waals surface area contributed by atoms with Gasteiger partial charge in [0, 0.05) is 17.3 Å². The summed E-state index contributed by atoms with van der Waals surface area (Å²) in [6, 6.07) is 4.35. The van der Waals surface area contributed by atoms with Crippen molar-refractivity contribution in [3.05, 3.63) is 22.4 Å². The summed E-state index contributed by atoms with van der Waals surface area (Å²) in [4.78, 5) is 1.49. The number of rotatable bonds is 3. The minimum Gasteiger partial charge on any atom is -0.330 e. The summed E-state index contributed by atoms with van der Waals surface area (Å²) in [6.45, 7) is 0.825. The van der Waals surface area contributed by atoms with Gasteiger partial charge in [-0.15, -0.1) is 11.3 Å². The molecule has 1 nitrogen and oxygen atoms in total. The highest BCUT2D eigenvalue weighted by molar-refractivity contribution is 7.10. The molecule has 0 spiro atoms. The maximum atomic E-state index is 5.78. The first-order chi connectivity index (χ1) is 5.92. The van der Waals surface area contributed by atoms with E-state index in [0.29, 0.717) is 5.92 Å². The lowest BCUT2D eigenvalue weighted by Crippen LogP contribution is -2.25. The van der Waals surface area contributed by atoms with E-state index in [2.05, 4.69) is 17.5 Å². The van der Waals surface area contributed by atoms with Crippen LogP contribution in [0.3, 0.4) is 0 Å². The molecule has 0 radical (unpaired) electrons. The normalized spacial score (nSPS) is 20.4. The van der Waals surface area contributed by atoms with Crippen LogP contribution in [0, 0.1) is 5.92 Å². The molecule has 2 rings (SSSR count). The molecule has 1 fully saturated rings. The Hall–Kier alpha value is -0.340. The molecule has 1 saturated carbocycles. The van der Waals surface area contributed by atoms with Gasteiger partial charge in [0.25, 0.3) is 0 Å². The SMILES string of the molecule is NCC(c1cccs1)C1CCC1. The minimum atomic E-state index is 0.652. The highest BCUT2D eigenvalue weighted by atomic mass is 32.1. The Kier molecular flexibility index (Phi) is 2.47. The van der Waals surface area contributed by atoms with Crippen molar-refractivity contribution in [3.63, 3.8) is 0 Å². The molecular formula is C10H15NS. The molecule has 1 aromatic heterocycles. The van der Waals surface area contributed by atoms with E-state index in [1.165, 1.54) is 24.1 Å². The molecule has 2 heteroatoms. The van der Waals surface area contributed by atoms with Gasteiger partial charge in [0.1, 0.15) is 0 Å². The maximum absolute atomic E-state index is 5.78. The van der Waals surface area contributed by atoms with E-state index in [1.807, 2.05) is 11.3 Å². The summed E-state index contributed by atoms with van der Waals surface area (Å²) in [6.07, 6.45) is 4.19. The van der Waals surface area contributed by atoms with Crippen LogP contribution in [0.5, 0.6) is 0 Å². The summed E-state index contributed by atoms with van der Waals surface area (Å²) in [5, 5.41) is 2.15. The average molecular weight is 181 g/mol. The van der Waals surface area contributed by atoms with Crippen LogP contribution in [-0.2, 0) is 0 Å². The summed E-state index contributed by atoms with van der Waals surface area (Å²) in [7, 11) is 0. The summed E-state index contributed by atoms with van der Waals surface area (Å²) in [5.41, 5.74) is 5.78. The van der Waals surface area contributed by atoms with Crippen molar-refractivity contribution in [2.24, 2.45) is 11.7 Å². The molecule has 1 heterocycles. The van der Waals surface area contributed by atoms with E-state index in [1.54, 1.807) is 0 Å². The van der Waals surface area contributed by atoms with Gasteiger partial charge < -0.3 is 5.73 Å². The fraction of sp³-hybridized carbons (Fsp3) is 0.600. The molecule has 0 aromatic carbocycles. The van der Waals surface area contributed by atoms with Crippen molar-refractivity contribution in [1.29, 1.82) is 0 Å². The lowest BCUT2D eigenvalue weighted by atomic mass is 9.75. The highest BCUT2D eigenvalue weighted by Crippen LogP contribution is 2.39. The lowest BCUT2D eigenvalue weighted by molar-refractivity contribution is 0.266. The molecule has 12 heavy (non-hydrogen) atoms. The molecule has 1 aliphatic rings. The second kappa shape index (κ2) is 3.58. The van der Waals surface area contributed by atoms with E-state index >= 15 is 0 Å². The van der Waals surface area contributed by atoms with Crippen LogP contribution in [0.15, 0.2) is 17.5 Å². The van der Waals surface area contributed by atoms with Gasteiger partial charge in [-0.1, -0.05) is 12.5 Å². The zero-order valence-corrected chi connectivity index (χ0v) is 8.02. The molecular weight excluding hydrogens is 166 g/mol. The third kappa shape index (κ3) is 1.41. The molecule has 0 aliphatic heterocycles. The first-order valence-corrected chi connectivity index (χ1v) is 5.53. The lowest BCUT2D eigenvalue weighted by Gasteiger charge is -2.32. The third-order valence-corrected chi connectivity index (χ3v) is 3.89. The van der Waals surface area contributed by atoms with Crippen molar-refractivity contribution in [2.75, 3.05) is 6.54 Å². The van der Waals surface area contributed by atoms with Gasteiger partial charge in [-0.25, -0.2) is 0 Å². The van der Waals surface area contributed by atoms with E-state index < -0.39 is 0 Å². The third-order valence-electron chi connectivity index (χ3n) is 2.88. The Morgan fingerprint density at radius 2 is 2.42 bits per heavy atom. The zero-order chi connectivity index (χ0) is 8.39. The Bertz CT molecular complexity index is 226. The van der Waals surface area contributed by atoms with Crippen LogP contribution in [0.2, 0.25) is 0 Å². The number of thiophene rings is 1. The van der Waals surface area contributed by atoms with Crippen LogP contribution >= 0.6 is 11.3 Å². The topological polar surface area (TPSA) is 26.0 Å². The zero-order valence-electron chi connectivity index (χ0n) is 7.20. The smallest absolute Gasteiger partial charge is 0.00915 e. The molecule has 0 amide bonds. The molecule has 1 unspecified atom stereocenters. The molecule has 66 valence electrons. The quantitative estimate of drug-likeness (QED) is 0.762. The van der Waals surface area contributed by atoms with E-state index in [-0.39, 0.29) is 0 Å². The monoisotopic (exact) mass is 181 g/mol. The predicted octanol–water partition coefficient (Wildman–Crippen LogP) is 2.59. The van der Waals surface area contributed by atoms with Gasteiger partial charge in [-0.2, -0.15) is 0 Å². The Balaban J connectivity index is 2.07. The van der Waals surface area contributed by atoms with Crippen molar-refractivity contribution in [1.82, 2.24) is 0 Å². The average Bonchev–Trinajstić information content (AvgIpc) is 2.47. The fourth-order valence-electron chi connectivity index (χ4n) is 1.89. The van der Waals surface area contributed by atoms with Gasteiger partial charge in [0.15, 0.2) is 0 Å². The van der Waals surface area contributed by atoms with Gasteiger partial charge >= 0.3 is 0 Å². The summed E-state index contributed by atoms with van der Waals surface area (Å²) >= 11 is 1.85. The molecule has 1 aromatic rings. The van der Waals surface area contributed by atoms with Crippen molar-refractivity contribution >= 4 is 11.3 Å². The minimum absolute atomic E-state index is 0.652. The van der Waals surface area contributed by atoms with Gasteiger partial charge in [0.05, 0.1) is 0 Å². The fourth-order valence-corrected chi connectivity index (χ4v) is 2.82. The second-order valence-electron chi connectivity index (χ2n) is 3.55. The molecule has 0 bridgehead atoms. The van der Waals surface area contributed by atoms with E-state index in [0.717, 1.165) is 12.5 Å². The van der Waals surface area contributed by atoms with Gasteiger partial charge in [-0.05, 0) is 30.2 Å². The largest absolute Gasteiger partial charge is 0.330 e. The van der Waals surface area contributed by atoms with Crippen molar-refractivity contribution in [2.45, 2.75) is 25.2 Å². The maximum Gasteiger partial charge on any atom is 0.00915 e. The first-order valence-electron chi connectivity index (χ1n) is 4.65. The molecule has 0 saturated heterocycles. The molecule has 2 N–H and O–H groups in total. The number of hydrogen-bond donors (Lipinski definition) is 1. The van der Waals surface area contributed by atoms with Gasteiger partial charge in [0.2, 0.25) is 0 Å². The summed E-state index contributed by atoms with van der Waals surface area (Å²) in [5.74, 6) is 1.53. The Morgan fingerprint density at radius 1 is 1.58 bits per heavy atom. The number of nitrogens with two attached hydrogens (primary N) is 1. The highest BCUT2D eigenvalue weighted by Gasteiger charge is 2.27. The Morgan fingerprint density at radius 3 is 2.83 bits per heavy atom. The van der Waals surface area contributed by atoms with Crippen LogP contribution in [0.1, 0.15) is 30.1 Å². The summed E-state index contributed by atoms with van der Waals surface area (Å²) < 4.78 is 0. The van der Waals surface area contributed by atoms with Gasteiger partial charge in [-0.3, -0.25) is 0 Å². The predicted molar refractivity (Wildman–Crippen MR) is 53.5 cm³/mol.